The van der Waals surface area contributed by atoms with Crippen molar-refractivity contribution in [2.45, 2.75) is 33.6 Å². The van der Waals surface area contributed by atoms with E-state index in [-0.39, 0.29) is 0 Å². The summed E-state index contributed by atoms with van der Waals surface area (Å²) in [5, 5.41) is 15.5. The summed E-state index contributed by atoms with van der Waals surface area (Å²) in [5.74, 6) is 0.503. The summed E-state index contributed by atoms with van der Waals surface area (Å²) in [4.78, 5) is 4.66. The average Bonchev–Trinajstić information content (AvgIpc) is 3.15. The van der Waals surface area contributed by atoms with E-state index in [1.165, 1.54) is 28.0 Å². The quantitative estimate of drug-likeness (QED) is 0.517. The lowest BCUT2D eigenvalue weighted by molar-refractivity contribution is 0.867. The molecule has 1 N–H and O–H groups in total. The van der Waals surface area contributed by atoms with Crippen LogP contribution >= 0.6 is 11.3 Å². The van der Waals surface area contributed by atoms with Gasteiger partial charge in [0.15, 0.2) is 0 Å². The molecular formula is C23H23N3S. The first-order valence-electron chi connectivity index (χ1n) is 8.98. The molecule has 0 spiro atoms. The van der Waals surface area contributed by atoms with Crippen molar-refractivity contribution in [3.8, 4) is 17.3 Å². The maximum Gasteiger partial charge on any atom is 0.136 e. The van der Waals surface area contributed by atoms with Crippen LogP contribution in [0.5, 0.6) is 0 Å². The summed E-state index contributed by atoms with van der Waals surface area (Å²) in [6.45, 7) is 8.54. The van der Waals surface area contributed by atoms with Crippen LogP contribution in [0.3, 0.4) is 0 Å². The van der Waals surface area contributed by atoms with E-state index in [1.54, 1.807) is 6.20 Å². The highest BCUT2D eigenvalue weighted by atomic mass is 32.1. The highest BCUT2D eigenvalue weighted by molar-refractivity contribution is 7.11. The van der Waals surface area contributed by atoms with Crippen LogP contribution in [-0.4, -0.2) is 4.98 Å². The molecule has 0 aliphatic carbocycles. The fourth-order valence-corrected chi connectivity index (χ4v) is 3.49. The molecule has 2 aromatic carbocycles. The normalized spacial score (nSPS) is 11.5. The lowest BCUT2D eigenvalue weighted by Gasteiger charge is -2.07. The van der Waals surface area contributed by atoms with E-state index in [9.17, 15) is 5.26 Å². The second-order valence-corrected chi connectivity index (χ2v) is 7.79. The van der Waals surface area contributed by atoms with Crippen LogP contribution in [0.15, 0.2) is 54.0 Å². The van der Waals surface area contributed by atoms with Crippen LogP contribution in [0.25, 0.3) is 16.8 Å². The smallest absolute Gasteiger partial charge is 0.136 e. The summed E-state index contributed by atoms with van der Waals surface area (Å²) in [6.07, 6.45) is 1.73. The van der Waals surface area contributed by atoms with Gasteiger partial charge in [-0.3, -0.25) is 0 Å². The fourth-order valence-electron chi connectivity index (χ4n) is 2.69. The van der Waals surface area contributed by atoms with E-state index >= 15 is 0 Å². The molecule has 3 aromatic rings. The number of aryl methyl sites for hydroxylation is 2. The van der Waals surface area contributed by atoms with Crippen molar-refractivity contribution in [2.75, 3.05) is 5.32 Å². The van der Waals surface area contributed by atoms with Gasteiger partial charge in [-0.15, -0.1) is 11.3 Å². The molecule has 0 aliphatic rings. The molecule has 0 atom stereocenters. The average molecular weight is 374 g/mol. The van der Waals surface area contributed by atoms with Gasteiger partial charge in [0.2, 0.25) is 0 Å². The number of aromatic nitrogens is 1. The first-order chi connectivity index (χ1) is 13.0. The third kappa shape index (κ3) is 4.45. The number of hydrogen-bond donors (Lipinski definition) is 1. The van der Waals surface area contributed by atoms with Crippen LogP contribution in [0.4, 0.5) is 5.69 Å². The molecule has 0 fully saturated rings. The van der Waals surface area contributed by atoms with Crippen LogP contribution in [0.2, 0.25) is 0 Å². The Morgan fingerprint density at radius 2 is 1.85 bits per heavy atom. The zero-order chi connectivity index (χ0) is 19.4. The van der Waals surface area contributed by atoms with Crippen molar-refractivity contribution in [3.05, 3.63) is 75.7 Å². The second-order valence-electron chi connectivity index (χ2n) is 6.93. The number of benzene rings is 2. The van der Waals surface area contributed by atoms with Gasteiger partial charge in [0.25, 0.3) is 0 Å². The number of nitrogens with zero attached hydrogens (tertiary/aromatic N) is 2. The van der Waals surface area contributed by atoms with Gasteiger partial charge in [-0.25, -0.2) is 4.98 Å². The van der Waals surface area contributed by atoms with Gasteiger partial charge in [0, 0.05) is 22.8 Å². The number of nitriles is 1. The monoisotopic (exact) mass is 373 g/mol. The van der Waals surface area contributed by atoms with Crippen LogP contribution in [-0.2, 0) is 0 Å². The summed E-state index contributed by atoms with van der Waals surface area (Å²) in [7, 11) is 0. The van der Waals surface area contributed by atoms with E-state index < -0.39 is 0 Å². The Kier molecular flexibility index (Phi) is 5.73. The van der Waals surface area contributed by atoms with Crippen molar-refractivity contribution in [1.82, 2.24) is 4.98 Å². The van der Waals surface area contributed by atoms with Gasteiger partial charge in [-0.05, 0) is 54.7 Å². The number of hydrogen-bond acceptors (Lipinski definition) is 4. The third-order valence-electron chi connectivity index (χ3n) is 4.62. The second kappa shape index (κ2) is 8.20. The standard InChI is InChI=1S/C23H23N3S/c1-15(2)18-7-9-21(10-8-18)25-13-20(12-24)23-26-22(14-27-23)19-6-5-16(3)17(4)11-19/h5-11,13-15,25H,1-4H3. The molecule has 0 amide bonds. The van der Waals surface area contributed by atoms with Crippen molar-refractivity contribution < 1.29 is 0 Å². The maximum atomic E-state index is 9.54. The fraction of sp³-hybridized carbons (Fsp3) is 0.217. The molecule has 0 unspecified atom stereocenters. The van der Waals surface area contributed by atoms with Crippen molar-refractivity contribution in [1.29, 1.82) is 5.26 Å². The Balaban J connectivity index is 1.79. The van der Waals surface area contributed by atoms with E-state index in [0.717, 1.165) is 22.0 Å². The topological polar surface area (TPSA) is 48.7 Å². The third-order valence-corrected chi connectivity index (χ3v) is 5.49. The molecule has 3 nitrogen and oxygen atoms in total. The lowest BCUT2D eigenvalue weighted by Crippen LogP contribution is -1.92. The molecule has 0 bridgehead atoms. The van der Waals surface area contributed by atoms with Crippen molar-refractivity contribution in [3.63, 3.8) is 0 Å². The lowest BCUT2D eigenvalue weighted by atomic mass is 10.0. The van der Waals surface area contributed by atoms with E-state index in [2.05, 4.69) is 74.4 Å². The molecular weight excluding hydrogens is 350 g/mol. The van der Waals surface area contributed by atoms with E-state index in [0.29, 0.717) is 11.5 Å². The largest absolute Gasteiger partial charge is 0.360 e. The first kappa shape index (κ1) is 18.9. The molecule has 0 radical (unpaired) electrons. The number of allylic oxidation sites excluding steroid dienone is 1. The molecule has 3 rings (SSSR count). The highest BCUT2D eigenvalue weighted by Crippen LogP contribution is 2.27. The predicted molar refractivity (Wildman–Crippen MR) is 115 cm³/mol. The van der Waals surface area contributed by atoms with Gasteiger partial charge >= 0.3 is 0 Å². The number of anilines is 1. The Morgan fingerprint density at radius 3 is 2.48 bits per heavy atom. The van der Waals surface area contributed by atoms with Gasteiger partial charge < -0.3 is 5.32 Å². The molecule has 136 valence electrons. The zero-order valence-corrected chi connectivity index (χ0v) is 16.9. The number of nitrogens with one attached hydrogen (secondary N) is 1. The van der Waals surface area contributed by atoms with Crippen molar-refractivity contribution >= 4 is 22.6 Å². The molecule has 1 aromatic heterocycles. The highest BCUT2D eigenvalue weighted by Gasteiger charge is 2.09. The number of thiazole rings is 1. The Bertz CT molecular complexity index is 1000. The van der Waals surface area contributed by atoms with Crippen LogP contribution < -0.4 is 5.32 Å². The number of rotatable bonds is 5. The Morgan fingerprint density at radius 1 is 1.11 bits per heavy atom. The van der Waals surface area contributed by atoms with Crippen LogP contribution in [0, 0.1) is 25.2 Å². The molecule has 0 saturated heterocycles. The predicted octanol–water partition coefficient (Wildman–Crippen LogP) is 6.53. The molecule has 4 heteroatoms. The van der Waals surface area contributed by atoms with Gasteiger partial charge in [-0.2, -0.15) is 5.26 Å². The molecule has 27 heavy (non-hydrogen) atoms. The minimum absolute atomic E-state index is 0.503. The van der Waals surface area contributed by atoms with Gasteiger partial charge in [-0.1, -0.05) is 38.1 Å². The van der Waals surface area contributed by atoms with Crippen molar-refractivity contribution in [2.24, 2.45) is 0 Å². The molecule has 0 aliphatic heterocycles. The van der Waals surface area contributed by atoms with E-state index in [1.807, 2.05) is 17.5 Å². The van der Waals surface area contributed by atoms with Gasteiger partial charge in [0.1, 0.15) is 16.6 Å². The summed E-state index contributed by atoms with van der Waals surface area (Å²) in [5.41, 5.74) is 7.27. The maximum absolute atomic E-state index is 9.54. The first-order valence-corrected chi connectivity index (χ1v) is 9.86. The summed E-state index contributed by atoms with van der Waals surface area (Å²) >= 11 is 1.49. The summed E-state index contributed by atoms with van der Waals surface area (Å²) in [6, 6.07) is 16.8. The van der Waals surface area contributed by atoms with E-state index in [4.69, 9.17) is 0 Å². The Hall–Kier alpha value is -2.90. The summed E-state index contributed by atoms with van der Waals surface area (Å²) < 4.78 is 0. The Labute approximate surface area is 165 Å². The zero-order valence-electron chi connectivity index (χ0n) is 16.1. The van der Waals surface area contributed by atoms with Gasteiger partial charge in [0.05, 0.1) is 5.69 Å². The SMILES string of the molecule is Cc1ccc(-c2csc(C(C#N)=CNc3ccc(C(C)C)cc3)n2)cc1C. The minimum atomic E-state index is 0.503. The minimum Gasteiger partial charge on any atom is -0.360 e. The molecule has 1 heterocycles. The molecule has 0 saturated carbocycles. The van der Waals surface area contributed by atoms with Crippen LogP contribution in [0.1, 0.15) is 41.5 Å².